The van der Waals surface area contributed by atoms with Crippen molar-refractivity contribution in [3.8, 4) is 5.75 Å². The molecule has 3 heterocycles. The van der Waals surface area contributed by atoms with Crippen LogP contribution in [0.15, 0.2) is 60.7 Å². The number of ether oxygens (including phenoxy) is 2. The van der Waals surface area contributed by atoms with Crippen molar-refractivity contribution in [3.63, 3.8) is 0 Å². The number of hydrogen-bond donors (Lipinski definition) is 1. The van der Waals surface area contributed by atoms with Crippen LogP contribution in [0.4, 0.5) is 16.3 Å². The Morgan fingerprint density at radius 2 is 1.62 bits per heavy atom. The lowest BCUT2D eigenvalue weighted by molar-refractivity contribution is 0.0543. The Kier molecular flexibility index (Phi) is 7.27. The molecule has 2 aliphatic heterocycles. The van der Waals surface area contributed by atoms with Crippen LogP contribution in [0.5, 0.6) is 5.75 Å². The van der Waals surface area contributed by atoms with Crippen LogP contribution in [0, 0.1) is 0 Å². The Morgan fingerprint density at radius 3 is 2.32 bits per heavy atom. The Morgan fingerprint density at radius 1 is 0.946 bits per heavy atom. The maximum atomic E-state index is 13.0. The van der Waals surface area contributed by atoms with E-state index in [4.69, 9.17) is 26.8 Å². The Hall–Kier alpha value is -4.05. The van der Waals surface area contributed by atoms with Gasteiger partial charge in [-0.25, -0.2) is 4.79 Å². The summed E-state index contributed by atoms with van der Waals surface area (Å²) < 4.78 is 11.4. The van der Waals surface area contributed by atoms with Gasteiger partial charge in [0.2, 0.25) is 0 Å². The average Bonchev–Trinajstić information content (AvgIpc) is 2.91. The smallest absolute Gasteiger partial charge is 0.410 e. The summed E-state index contributed by atoms with van der Waals surface area (Å²) in [5.74, 6) is 0.942. The van der Waals surface area contributed by atoms with Crippen molar-refractivity contribution in [3.05, 3.63) is 76.9 Å². The molecular weight excluding hydrogens is 496 g/mol. The van der Waals surface area contributed by atoms with Gasteiger partial charge >= 0.3 is 6.09 Å². The van der Waals surface area contributed by atoms with Gasteiger partial charge in [0.25, 0.3) is 5.91 Å². The average molecular weight is 523 g/mol. The third kappa shape index (κ3) is 5.86. The number of nitrogens with two attached hydrogens (primary N) is 1. The number of hydrogen-bond acceptors (Lipinski definition) is 8. The first-order chi connectivity index (χ1) is 18.0. The zero-order valence-corrected chi connectivity index (χ0v) is 20.9. The number of benzene rings is 2. The molecule has 5 rings (SSSR count). The number of carbonyl (C=O) groups is 2. The van der Waals surface area contributed by atoms with Crippen LogP contribution in [-0.2, 0) is 11.3 Å². The van der Waals surface area contributed by atoms with E-state index in [1.165, 1.54) is 0 Å². The van der Waals surface area contributed by atoms with Gasteiger partial charge in [0.05, 0.1) is 18.8 Å². The van der Waals surface area contributed by atoms with E-state index in [0.29, 0.717) is 61.6 Å². The van der Waals surface area contributed by atoms with Crippen LogP contribution in [0.1, 0.15) is 15.9 Å². The van der Waals surface area contributed by atoms with Gasteiger partial charge in [0.1, 0.15) is 18.5 Å². The second-order valence-electron chi connectivity index (χ2n) is 8.93. The molecular formula is C26H27ClN6O4. The molecule has 0 radical (unpaired) electrons. The molecule has 2 N–H and O–H groups in total. The van der Waals surface area contributed by atoms with Crippen LogP contribution >= 0.6 is 11.6 Å². The standard InChI is InChI=1S/C26H27ClN6O4/c27-23-14-22(24(28)30-29-23)33-15-21(16-33)37-20-8-6-19(7-9-20)25(34)31-10-12-32(13-11-31)26(35)36-17-18-4-2-1-3-5-18/h1-9,14,21H,10-13,15-17H2,(H2,28,30). The third-order valence-electron chi connectivity index (χ3n) is 6.39. The zero-order chi connectivity index (χ0) is 25.8. The molecule has 1 aromatic heterocycles. The highest BCUT2D eigenvalue weighted by Crippen LogP contribution is 2.29. The Labute approximate surface area is 219 Å². The minimum absolute atomic E-state index is 0.0115. The Balaban J connectivity index is 1.06. The summed E-state index contributed by atoms with van der Waals surface area (Å²) in [6, 6.07) is 18.4. The second-order valence-corrected chi connectivity index (χ2v) is 9.31. The monoisotopic (exact) mass is 522 g/mol. The van der Waals surface area contributed by atoms with E-state index >= 15 is 0 Å². The minimum atomic E-state index is -0.363. The fourth-order valence-corrected chi connectivity index (χ4v) is 4.43. The zero-order valence-electron chi connectivity index (χ0n) is 20.1. The van der Waals surface area contributed by atoms with Gasteiger partial charge in [0.15, 0.2) is 11.0 Å². The molecule has 2 aliphatic rings. The summed E-state index contributed by atoms with van der Waals surface area (Å²) >= 11 is 5.92. The number of nitrogen functional groups attached to an aromatic ring is 1. The van der Waals surface area contributed by atoms with E-state index < -0.39 is 0 Å². The number of aromatic nitrogens is 2. The largest absolute Gasteiger partial charge is 0.487 e. The minimum Gasteiger partial charge on any atom is -0.487 e. The van der Waals surface area contributed by atoms with Crippen LogP contribution < -0.4 is 15.4 Å². The molecule has 0 unspecified atom stereocenters. The van der Waals surface area contributed by atoms with Crippen molar-refractivity contribution >= 4 is 35.1 Å². The number of anilines is 2. The third-order valence-corrected chi connectivity index (χ3v) is 6.58. The molecule has 2 amide bonds. The van der Waals surface area contributed by atoms with Gasteiger partial charge in [-0.2, -0.15) is 0 Å². The molecule has 2 aromatic carbocycles. The molecule has 192 valence electrons. The quantitative estimate of drug-likeness (QED) is 0.525. The number of rotatable bonds is 6. The topological polar surface area (TPSA) is 114 Å². The number of amides is 2. The van der Waals surface area contributed by atoms with E-state index in [0.717, 1.165) is 11.3 Å². The van der Waals surface area contributed by atoms with Crippen molar-refractivity contribution in [2.45, 2.75) is 12.7 Å². The van der Waals surface area contributed by atoms with Gasteiger partial charge in [-0.3, -0.25) is 4.79 Å². The van der Waals surface area contributed by atoms with E-state index in [9.17, 15) is 9.59 Å². The first-order valence-corrected chi connectivity index (χ1v) is 12.4. The molecule has 10 nitrogen and oxygen atoms in total. The van der Waals surface area contributed by atoms with Gasteiger partial charge in [-0.05, 0) is 29.8 Å². The SMILES string of the molecule is Nc1nnc(Cl)cc1N1CC(Oc2ccc(C(=O)N3CCN(C(=O)OCc4ccccc4)CC3)cc2)C1. The lowest BCUT2D eigenvalue weighted by Crippen LogP contribution is -2.54. The maximum absolute atomic E-state index is 13.0. The van der Waals surface area contributed by atoms with Crippen molar-refractivity contribution in [2.75, 3.05) is 49.9 Å². The summed E-state index contributed by atoms with van der Waals surface area (Å²) in [4.78, 5) is 30.7. The number of carbonyl (C=O) groups excluding carboxylic acids is 2. The highest BCUT2D eigenvalue weighted by molar-refractivity contribution is 6.29. The molecule has 0 atom stereocenters. The van der Waals surface area contributed by atoms with Gasteiger partial charge in [-0.15, -0.1) is 10.2 Å². The summed E-state index contributed by atoms with van der Waals surface area (Å²) in [7, 11) is 0. The molecule has 11 heteroatoms. The fourth-order valence-electron chi connectivity index (χ4n) is 4.28. The molecule has 0 spiro atoms. The van der Waals surface area contributed by atoms with Crippen molar-refractivity contribution in [2.24, 2.45) is 0 Å². The first kappa shape index (κ1) is 24.6. The summed E-state index contributed by atoms with van der Waals surface area (Å²) in [6.07, 6.45) is -0.374. The van der Waals surface area contributed by atoms with Crippen LogP contribution in [-0.4, -0.2) is 77.4 Å². The van der Waals surface area contributed by atoms with Crippen LogP contribution in [0.2, 0.25) is 5.15 Å². The summed E-state index contributed by atoms with van der Waals surface area (Å²) in [5.41, 5.74) is 8.14. The molecule has 2 saturated heterocycles. The summed E-state index contributed by atoms with van der Waals surface area (Å²) in [6.45, 7) is 3.28. The van der Waals surface area contributed by atoms with Crippen LogP contribution in [0.3, 0.4) is 0 Å². The summed E-state index contributed by atoms with van der Waals surface area (Å²) in [5, 5.41) is 7.86. The lowest BCUT2D eigenvalue weighted by Gasteiger charge is -2.40. The number of halogens is 1. The van der Waals surface area contributed by atoms with E-state index in [1.54, 1.807) is 40.1 Å². The molecule has 0 bridgehead atoms. The number of piperazine rings is 1. The number of nitrogens with zero attached hydrogens (tertiary/aromatic N) is 5. The van der Waals surface area contributed by atoms with E-state index in [-0.39, 0.29) is 24.7 Å². The second kappa shape index (κ2) is 10.9. The van der Waals surface area contributed by atoms with Crippen molar-refractivity contribution in [1.82, 2.24) is 20.0 Å². The molecule has 37 heavy (non-hydrogen) atoms. The van der Waals surface area contributed by atoms with Gasteiger partial charge < -0.3 is 29.9 Å². The molecule has 3 aromatic rings. The van der Waals surface area contributed by atoms with Gasteiger partial charge in [0, 0.05) is 37.8 Å². The lowest BCUT2D eigenvalue weighted by atomic mass is 10.1. The predicted octanol–water partition coefficient (Wildman–Crippen LogP) is 3.07. The van der Waals surface area contributed by atoms with Gasteiger partial charge in [-0.1, -0.05) is 41.9 Å². The molecule has 0 saturated carbocycles. The normalized spacial score (nSPS) is 15.8. The van der Waals surface area contributed by atoms with Crippen molar-refractivity contribution in [1.29, 1.82) is 0 Å². The van der Waals surface area contributed by atoms with E-state index in [2.05, 4.69) is 10.2 Å². The first-order valence-electron chi connectivity index (χ1n) is 12.0. The van der Waals surface area contributed by atoms with Crippen LogP contribution in [0.25, 0.3) is 0 Å². The predicted molar refractivity (Wildman–Crippen MR) is 139 cm³/mol. The highest BCUT2D eigenvalue weighted by Gasteiger charge is 2.31. The Bertz CT molecular complexity index is 1250. The fraction of sp³-hybridized carbons (Fsp3) is 0.308. The highest BCUT2D eigenvalue weighted by atomic mass is 35.5. The van der Waals surface area contributed by atoms with E-state index in [1.807, 2.05) is 35.2 Å². The van der Waals surface area contributed by atoms with Crippen molar-refractivity contribution < 1.29 is 19.1 Å². The maximum Gasteiger partial charge on any atom is 0.410 e. The molecule has 2 fully saturated rings. The molecule has 0 aliphatic carbocycles.